The minimum atomic E-state index is 1.20. The summed E-state index contributed by atoms with van der Waals surface area (Å²) >= 11 is 0. The van der Waals surface area contributed by atoms with E-state index >= 15 is 0 Å². The van der Waals surface area contributed by atoms with Crippen LogP contribution in [0.15, 0.2) is 24.3 Å². The van der Waals surface area contributed by atoms with Crippen LogP contribution in [0.1, 0.15) is 38.5 Å². The first-order chi connectivity index (χ1) is 5.50. The largest absolute Gasteiger partial charge is 0.0885 e. The van der Waals surface area contributed by atoms with Crippen LogP contribution in [0.5, 0.6) is 0 Å². The fraction of sp³-hybridized carbons (Fsp3) is 0.545. The van der Waals surface area contributed by atoms with Gasteiger partial charge in [0.05, 0.1) is 0 Å². The summed E-state index contributed by atoms with van der Waals surface area (Å²) in [4.78, 5) is 0. The molecule has 1 rings (SSSR count). The Morgan fingerprint density at radius 3 is 2.36 bits per heavy atom. The fourth-order valence-electron chi connectivity index (χ4n) is 1.24. The highest BCUT2D eigenvalue weighted by molar-refractivity contribution is 4.96. The van der Waals surface area contributed by atoms with Crippen molar-refractivity contribution in [2.24, 2.45) is 0 Å². The van der Waals surface area contributed by atoms with Crippen molar-refractivity contribution in [1.29, 1.82) is 0 Å². The van der Waals surface area contributed by atoms with E-state index in [0.717, 1.165) is 0 Å². The van der Waals surface area contributed by atoms with Crippen LogP contribution in [-0.2, 0) is 0 Å². The topological polar surface area (TPSA) is 0 Å². The minimum Gasteiger partial charge on any atom is -0.0885 e. The standard InChI is InChI=1S/C11H17/c1-2-4-6-8-10-11-9-7-5-3-1/h1-3,8,10H,4-7,9,11H2/b2-1-,10-8-. The van der Waals surface area contributed by atoms with Gasteiger partial charge in [-0.2, -0.15) is 0 Å². The zero-order valence-electron chi connectivity index (χ0n) is 7.13. The molecule has 0 saturated heterocycles. The molecule has 61 valence electrons. The van der Waals surface area contributed by atoms with Crippen molar-refractivity contribution in [3.63, 3.8) is 0 Å². The molecule has 0 nitrogen and oxygen atoms in total. The van der Waals surface area contributed by atoms with Gasteiger partial charge in [-0.05, 0) is 38.5 Å². The van der Waals surface area contributed by atoms with Gasteiger partial charge in [0.2, 0.25) is 0 Å². The van der Waals surface area contributed by atoms with Crippen LogP contribution in [0.3, 0.4) is 0 Å². The molecule has 0 amide bonds. The molecule has 1 aliphatic rings. The van der Waals surface area contributed by atoms with Crippen molar-refractivity contribution >= 4 is 0 Å². The molecule has 0 aromatic carbocycles. The molecule has 0 fully saturated rings. The predicted molar refractivity (Wildman–Crippen MR) is 50.3 cm³/mol. The van der Waals surface area contributed by atoms with Gasteiger partial charge in [0.15, 0.2) is 0 Å². The molecule has 0 N–H and O–H groups in total. The van der Waals surface area contributed by atoms with E-state index < -0.39 is 0 Å². The van der Waals surface area contributed by atoms with Crippen LogP contribution < -0.4 is 0 Å². The second-order valence-electron chi connectivity index (χ2n) is 3.00. The third-order valence-electron chi connectivity index (χ3n) is 1.93. The van der Waals surface area contributed by atoms with Crippen molar-refractivity contribution < 1.29 is 0 Å². The first-order valence-corrected chi connectivity index (χ1v) is 4.63. The van der Waals surface area contributed by atoms with Crippen LogP contribution in [0.25, 0.3) is 0 Å². The van der Waals surface area contributed by atoms with Gasteiger partial charge in [-0.3, -0.25) is 0 Å². The lowest BCUT2D eigenvalue weighted by Gasteiger charge is -1.92. The van der Waals surface area contributed by atoms with Crippen molar-refractivity contribution in [1.82, 2.24) is 0 Å². The Balaban J connectivity index is 2.22. The zero-order chi connectivity index (χ0) is 7.78. The molecule has 0 spiro atoms. The van der Waals surface area contributed by atoms with Crippen LogP contribution in [-0.4, -0.2) is 0 Å². The third-order valence-corrected chi connectivity index (χ3v) is 1.93. The van der Waals surface area contributed by atoms with Crippen molar-refractivity contribution in [3.8, 4) is 0 Å². The Labute approximate surface area is 70.0 Å². The molecule has 0 atom stereocenters. The van der Waals surface area contributed by atoms with Crippen LogP contribution >= 0.6 is 0 Å². The van der Waals surface area contributed by atoms with Crippen LogP contribution in [0.4, 0.5) is 0 Å². The molecule has 0 bridgehead atoms. The molecule has 0 aromatic heterocycles. The van der Waals surface area contributed by atoms with Crippen molar-refractivity contribution in [2.75, 3.05) is 0 Å². The van der Waals surface area contributed by atoms with Gasteiger partial charge in [0.25, 0.3) is 0 Å². The van der Waals surface area contributed by atoms with Crippen LogP contribution in [0.2, 0.25) is 0 Å². The quantitative estimate of drug-likeness (QED) is 0.461. The van der Waals surface area contributed by atoms with Crippen molar-refractivity contribution in [3.05, 3.63) is 30.7 Å². The van der Waals surface area contributed by atoms with Gasteiger partial charge in [0, 0.05) is 0 Å². The van der Waals surface area contributed by atoms with E-state index in [1.54, 1.807) is 0 Å². The second-order valence-corrected chi connectivity index (χ2v) is 3.00. The molecular formula is C11H17. The molecule has 0 aromatic rings. The molecular weight excluding hydrogens is 132 g/mol. The number of allylic oxidation sites excluding steroid dienone is 4. The maximum absolute atomic E-state index is 2.32. The molecule has 1 radical (unpaired) electrons. The highest BCUT2D eigenvalue weighted by atomic mass is 13.9. The lowest BCUT2D eigenvalue weighted by atomic mass is 10.1. The predicted octanol–water partition coefficient (Wildman–Crippen LogP) is 3.66. The Kier molecular flexibility index (Phi) is 4.84. The van der Waals surface area contributed by atoms with E-state index in [4.69, 9.17) is 0 Å². The van der Waals surface area contributed by atoms with E-state index in [2.05, 4.69) is 30.7 Å². The zero-order valence-corrected chi connectivity index (χ0v) is 7.13. The number of hydrogen-bond donors (Lipinski definition) is 0. The van der Waals surface area contributed by atoms with Gasteiger partial charge in [-0.1, -0.05) is 30.7 Å². The summed E-state index contributed by atoms with van der Waals surface area (Å²) in [7, 11) is 0. The lowest BCUT2D eigenvalue weighted by Crippen LogP contribution is -1.74. The summed E-state index contributed by atoms with van der Waals surface area (Å²) in [6.07, 6.45) is 19.0. The maximum Gasteiger partial charge on any atom is -0.0171 e. The van der Waals surface area contributed by atoms with E-state index in [1.807, 2.05) is 0 Å². The molecule has 0 unspecified atom stereocenters. The second kappa shape index (κ2) is 6.21. The normalized spacial score (nSPS) is 26.9. The van der Waals surface area contributed by atoms with Gasteiger partial charge in [0.1, 0.15) is 0 Å². The van der Waals surface area contributed by atoms with Crippen molar-refractivity contribution in [2.45, 2.75) is 38.5 Å². The third kappa shape index (κ3) is 4.83. The molecule has 0 heteroatoms. The summed E-state index contributed by atoms with van der Waals surface area (Å²) in [5, 5.41) is 0. The Bertz CT molecular complexity index is 115. The Morgan fingerprint density at radius 1 is 0.636 bits per heavy atom. The van der Waals surface area contributed by atoms with E-state index in [-0.39, 0.29) is 0 Å². The number of rotatable bonds is 0. The molecule has 0 aliphatic heterocycles. The average molecular weight is 149 g/mol. The molecule has 0 saturated carbocycles. The lowest BCUT2D eigenvalue weighted by molar-refractivity contribution is 0.747. The average Bonchev–Trinajstić information content (AvgIpc) is 2.08. The van der Waals surface area contributed by atoms with Gasteiger partial charge in [-0.15, -0.1) is 0 Å². The van der Waals surface area contributed by atoms with Crippen LogP contribution in [0, 0.1) is 6.42 Å². The van der Waals surface area contributed by atoms with E-state index in [9.17, 15) is 0 Å². The van der Waals surface area contributed by atoms with E-state index in [0.29, 0.717) is 0 Å². The number of hydrogen-bond acceptors (Lipinski definition) is 0. The molecule has 0 heterocycles. The first-order valence-electron chi connectivity index (χ1n) is 4.63. The summed E-state index contributed by atoms with van der Waals surface area (Å²) in [6.45, 7) is 0. The maximum atomic E-state index is 2.32. The highest BCUT2D eigenvalue weighted by Gasteiger charge is 1.87. The van der Waals surface area contributed by atoms with Gasteiger partial charge < -0.3 is 0 Å². The van der Waals surface area contributed by atoms with Gasteiger partial charge >= 0.3 is 0 Å². The smallest absolute Gasteiger partial charge is 0.0171 e. The monoisotopic (exact) mass is 149 g/mol. The minimum absolute atomic E-state index is 1.20. The SMILES string of the molecule is [CH]1/C=C\CC/C=C\CCCC1. The highest BCUT2D eigenvalue weighted by Crippen LogP contribution is 2.06. The van der Waals surface area contributed by atoms with E-state index in [1.165, 1.54) is 38.5 Å². The molecule has 1 aliphatic carbocycles. The summed E-state index contributed by atoms with van der Waals surface area (Å²) < 4.78 is 0. The summed E-state index contributed by atoms with van der Waals surface area (Å²) in [5.74, 6) is 0. The first kappa shape index (κ1) is 8.58. The molecule has 11 heavy (non-hydrogen) atoms. The summed E-state index contributed by atoms with van der Waals surface area (Å²) in [6, 6.07) is 0. The van der Waals surface area contributed by atoms with Gasteiger partial charge in [-0.25, -0.2) is 0 Å². The summed E-state index contributed by atoms with van der Waals surface area (Å²) in [5.41, 5.74) is 0. The Hall–Kier alpha value is -0.520. The fourth-order valence-corrected chi connectivity index (χ4v) is 1.24. The Morgan fingerprint density at radius 2 is 1.36 bits per heavy atom.